The van der Waals surface area contributed by atoms with Crippen molar-refractivity contribution in [3.05, 3.63) is 29.3 Å². The van der Waals surface area contributed by atoms with Crippen molar-refractivity contribution in [2.75, 3.05) is 50.7 Å². The summed E-state index contributed by atoms with van der Waals surface area (Å²) in [5, 5.41) is 0. The summed E-state index contributed by atoms with van der Waals surface area (Å²) in [4.78, 5) is 19.3. The van der Waals surface area contributed by atoms with Crippen molar-refractivity contribution in [2.24, 2.45) is 0 Å². The van der Waals surface area contributed by atoms with Crippen molar-refractivity contribution in [3.63, 3.8) is 0 Å². The van der Waals surface area contributed by atoms with Gasteiger partial charge in [-0.15, -0.1) is 0 Å². The van der Waals surface area contributed by atoms with Crippen LogP contribution in [0.25, 0.3) is 0 Å². The van der Waals surface area contributed by atoms with Crippen molar-refractivity contribution >= 4 is 11.6 Å². The maximum atomic E-state index is 12.5. The zero-order valence-corrected chi connectivity index (χ0v) is 15.8. The standard InChI is InChI=1S/C20H33N3O/c1-5-10-23(11-6-2)20(24)16-21-12-14-22(15-13-21)19-9-7-8-17(3)18(19)4/h7-9H,5-6,10-16H2,1-4H3. The average Bonchev–Trinajstić information content (AvgIpc) is 2.58. The Kier molecular flexibility index (Phi) is 7.10. The summed E-state index contributed by atoms with van der Waals surface area (Å²) in [5.74, 6) is 0.291. The third-order valence-electron chi connectivity index (χ3n) is 4.99. The Morgan fingerprint density at radius 2 is 1.67 bits per heavy atom. The fourth-order valence-electron chi connectivity index (χ4n) is 3.42. The second kappa shape index (κ2) is 9.07. The van der Waals surface area contributed by atoms with E-state index < -0.39 is 0 Å². The van der Waals surface area contributed by atoms with Gasteiger partial charge in [0.05, 0.1) is 6.54 Å². The van der Waals surface area contributed by atoms with Crippen LogP contribution in [0.5, 0.6) is 0 Å². The predicted molar refractivity (Wildman–Crippen MR) is 102 cm³/mol. The van der Waals surface area contributed by atoms with E-state index >= 15 is 0 Å². The van der Waals surface area contributed by atoms with E-state index in [0.29, 0.717) is 12.5 Å². The molecule has 0 atom stereocenters. The van der Waals surface area contributed by atoms with Crippen LogP contribution in [-0.4, -0.2) is 61.5 Å². The first-order valence-electron chi connectivity index (χ1n) is 9.38. The van der Waals surface area contributed by atoms with Crippen LogP contribution in [0.3, 0.4) is 0 Å². The largest absolute Gasteiger partial charge is 0.369 e. The lowest BCUT2D eigenvalue weighted by Gasteiger charge is -2.37. The van der Waals surface area contributed by atoms with Crippen LogP contribution in [0.15, 0.2) is 18.2 Å². The summed E-state index contributed by atoms with van der Waals surface area (Å²) in [6.07, 6.45) is 2.07. The zero-order valence-electron chi connectivity index (χ0n) is 15.8. The van der Waals surface area contributed by atoms with Crippen molar-refractivity contribution in [3.8, 4) is 0 Å². The molecule has 4 heteroatoms. The average molecular weight is 332 g/mol. The van der Waals surface area contributed by atoms with E-state index in [1.54, 1.807) is 0 Å². The van der Waals surface area contributed by atoms with E-state index in [1.165, 1.54) is 16.8 Å². The molecule has 1 amide bonds. The SMILES string of the molecule is CCCN(CCC)C(=O)CN1CCN(c2cccc(C)c2C)CC1. The maximum Gasteiger partial charge on any atom is 0.236 e. The Bertz CT molecular complexity index is 530. The van der Waals surface area contributed by atoms with Crippen molar-refractivity contribution in [1.29, 1.82) is 0 Å². The molecule has 1 aliphatic heterocycles. The highest BCUT2D eigenvalue weighted by atomic mass is 16.2. The molecule has 0 unspecified atom stereocenters. The molecule has 1 aromatic rings. The van der Waals surface area contributed by atoms with Gasteiger partial charge in [-0.3, -0.25) is 9.69 Å². The lowest BCUT2D eigenvalue weighted by molar-refractivity contribution is -0.132. The molecule has 0 radical (unpaired) electrons. The number of benzene rings is 1. The quantitative estimate of drug-likeness (QED) is 0.768. The molecule has 0 aromatic heterocycles. The van der Waals surface area contributed by atoms with Crippen molar-refractivity contribution < 1.29 is 4.79 Å². The van der Waals surface area contributed by atoms with Gasteiger partial charge in [0.1, 0.15) is 0 Å². The number of amides is 1. The maximum absolute atomic E-state index is 12.5. The van der Waals surface area contributed by atoms with Crippen LogP contribution in [0, 0.1) is 13.8 Å². The molecule has 2 rings (SSSR count). The highest BCUT2D eigenvalue weighted by molar-refractivity contribution is 5.78. The minimum Gasteiger partial charge on any atom is -0.369 e. The smallest absolute Gasteiger partial charge is 0.236 e. The number of hydrogen-bond donors (Lipinski definition) is 0. The molecule has 0 bridgehead atoms. The normalized spacial score (nSPS) is 15.6. The first-order chi connectivity index (χ1) is 11.6. The van der Waals surface area contributed by atoms with Crippen LogP contribution < -0.4 is 4.90 Å². The molecule has 0 aliphatic carbocycles. The zero-order chi connectivity index (χ0) is 17.5. The number of carbonyl (C=O) groups is 1. The number of rotatable bonds is 7. The van der Waals surface area contributed by atoms with E-state index in [9.17, 15) is 4.79 Å². The molecule has 0 saturated carbocycles. The number of aryl methyl sites for hydroxylation is 1. The Morgan fingerprint density at radius 1 is 1.04 bits per heavy atom. The Balaban J connectivity index is 1.88. The Morgan fingerprint density at radius 3 is 2.25 bits per heavy atom. The summed E-state index contributed by atoms with van der Waals surface area (Å²) in [6, 6.07) is 6.53. The molecule has 1 aliphatic rings. The molecule has 1 aromatic carbocycles. The number of nitrogens with zero attached hydrogens (tertiary/aromatic N) is 3. The summed E-state index contributed by atoms with van der Waals surface area (Å²) in [5.41, 5.74) is 4.07. The van der Waals surface area contributed by atoms with Gasteiger partial charge in [-0.2, -0.15) is 0 Å². The second-order valence-electron chi connectivity index (χ2n) is 6.86. The number of carbonyl (C=O) groups excluding carboxylic acids is 1. The first-order valence-corrected chi connectivity index (χ1v) is 9.38. The highest BCUT2D eigenvalue weighted by Gasteiger charge is 2.22. The van der Waals surface area contributed by atoms with E-state index in [2.05, 4.69) is 55.7 Å². The summed E-state index contributed by atoms with van der Waals surface area (Å²) in [7, 11) is 0. The molecule has 4 nitrogen and oxygen atoms in total. The summed E-state index contributed by atoms with van der Waals surface area (Å²) >= 11 is 0. The monoisotopic (exact) mass is 331 g/mol. The van der Waals surface area contributed by atoms with Gasteiger partial charge in [-0.05, 0) is 43.9 Å². The second-order valence-corrected chi connectivity index (χ2v) is 6.86. The third kappa shape index (κ3) is 4.73. The first kappa shape index (κ1) is 18.8. The van der Waals surface area contributed by atoms with Crippen LogP contribution in [0.4, 0.5) is 5.69 Å². The number of piperazine rings is 1. The van der Waals surface area contributed by atoms with Crippen LogP contribution in [0.1, 0.15) is 37.8 Å². The molecule has 134 valence electrons. The summed E-state index contributed by atoms with van der Waals surface area (Å²) in [6.45, 7) is 14.9. The fourth-order valence-corrected chi connectivity index (χ4v) is 3.42. The molecular formula is C20H33N3O. The minimum absolute atomic E-state index is 0.291. The van der Waals surface area contributed by atoms with Gasteiger partial charge < -0.3 is 9.80 Å². The van der Waals surface area contributed by atoms with Gasteiger partial charge in [-0.25, -0.2) is 0 Å². The Hall–Kier alpha value is -1.55. The molecule has 1 saturated heterocycles. The van der Waals surface area contributed by atoms with Crippen LogP contribution >= 0.6 is 0 Å². The van der Waals surface area contributed by atoms with E-state index in [1.807, 2.05) is 4.90 Å². The van der Waals surface area contributed by atoms with Crippen molar-refractivity contribution in [1.82, 2.24) is 9.80 Å². The molecule has 1 heterocycles. The van der Waals surface area contributed by atoms with Gasteiger partial charge in [0.25, 0.3) is 0 Å². The molecule has 24 heavy (non-hydrogen) atoms. The fraction of sp³-hybridized carbons (Fsp3) is 0.650. The lowest BCUT2D eigenvalue weighted by atomic mass is 10.1. The molecule has 0 spiro atoms. The molecule has 1 fully saturated rings. The van der Waals surface area contributed by atoms with E-state index in [0.717, 1.165) is 52.1 Å². The van der Waals surface area contributed by atoms with Crippen LogP contribution in [-0.2, 0) is 4.79 Å². The van der Waals surface area contributed by atoms with Crippen molar-refractivity contribution in [2.45, 2.75) is 40.5 Å². The van der Waals surface area contributed by atoms with Gasteiger partial charge in [0.15, 0.2) is 0 Å². The summed E-state index contributed by atoms with van der Waals surface area (Å²) < 4.78 is 0. The van der Waals surface area contributed by atoms with Gasteiger partial charge in [0, 0.05) is 45.0 Å². The molecule has 0 N–H and O–H groups in total. The predicted octanol–water partition coefficient (Wildman–Crippen LogP) is 3.07. The minimum atomic E-state index is 0.291. The van der Waals surface area contributed by atoms with E-state index in [4.69, 9.17) is 0 Å². The van der Waals surface area contributed by atoms with Crippen LogP contribution in [0.2, 0.25) is 0 Å². The van der Waals surface area contributed by atoms with Gasteiger partial charge >= 0.3 is 0 Å². The number of anilines is 1. The van der Waals surface area contributed by atoms with Gasteiger partial charge in [0.2, 0.25) is 5.91 Å². The lowest BCUT2D eigenvalue weighted by Crippen LogP contribution is -2.50. The number of hydrogen-bond acceptors (Lipinski definition) is 3. The third-order valence-corrected chi connectivity index (χ3v) is 4.99. The molecular weight excluding hydrogens is 298 g/mol. The highest BCUT2D eigenvalue weighted by Crippen LogP contribution is 2.23. The Labute approximate surface area is 147 Å². The van der Waals surface area contributed by atoms with Gasteiger partial charge in [-0.1, -0.05) is 26.0 Å². The topological polar surface area (TPSA) is 26.8 Å². The van der Waals surface area contributed by atoms with E-state index in [-0.39, 0.29) is 0 Å².